The fraction of sp³-hybridized carbons (Fsp3) is 0.400. The van der Waals surface area contributed by atoms with Crippen LogP contribution >= 0.6 is 0 Å². The van der Waals surface area contributed by atoms with Crippen molar-refractivity contribution in [3.63, 3.8) is 0 Å². The lowest BCUT2D eigenvalue weighted by molar-refractivity contribution is 0.319. The van der Waals surface area contributed by atoms with Crippen LogP contribution in [-0.4, -0.2) is 10.9 Å². The topological polar surface area (TPSA) is 32.6 Å². The lowest BCUT2D eigenvalue weighted by Gasteiger charge is -1.78. The normalized spacial score (nSPS) is 13.1. The van der Waals surface area contributed by atoms with E-state index >= 15 is 0 Å². The second kappa shape index (κ2) is 3.40. The smallest absolute Gasteiger partial charge is 0.0761 e. The number of allylic oxidation sites excluding steroid dienone is 2. The van der Waals surface area contributed by atoms with Crippen molar-refractivity contribution in [3.8, 4) is 0 Å². The molecule has 0 amide bonds. The van der Waals surface area contributed by atoms with Crippen LogP contribution in [0, 0.1) is 0 Å². The molecular formula is C5H9NO. The fourth-order valence-corrected chi connectivity index (χ4v) is 0.275. The lowest BCUT2D eigenvalue weighted by Crippen LogP contribution is -1.80. The van der Waals surface area contributed by atoms with Gasteiger partial charge >= 0.3 is 0 Å². The maximum atomic E-state index is 8.00. The third-order valence-electron chi connectivity index (χ3n) is 0.566. The summed E-state index contributed by atoms with van der Waals surface area (Å²) in [5, 5.41) is 10.9. The van der Waals surface area contributed by atoms with E-state index in [4.69, 9.17) is 5.21 Å². The molecule has 0 spiro atoms. The number of hydrogen-bond acceptors (Lipinski definition) is 2. The van der Waals surface area contributed by atoms with Crippen LogP contribution in [0.1, 0.15) is 13.8 Å². The minimum Gasteiger partial charge on any atom is -0.411 e. The van der Waals surface area contributed by atoms with E-state index in [9.17, 15) is 0 Å². The summed E-state index contributed by atoms with van der Waals surface area (Å²) < 4.78 is 0. The van der Waals surface area contributed by atoms with Crippen molar-refractivity contribution in [2.45, 2.75) is 13.8 Å². The number of nitrogens with zero attached hydrogens (tertiary/aromatic N) is 1. The molecule has 0 aliphatic heterocycles. The molecule has 40 valence electrons. The standard InChI is InChI=1S/C5H9NO/c1-3-4-5(2)6-7/h3-4,7H,1-2H3/b4-3+,6-5-. The molecule has 0 atom stereocenters. The van der Waals surface area contributed by atoms with Gasteiger partial charge in [0.05, 0.1) is 5.71 Å². The van der Waals surface area contributed by atoms with Gasteiger partial charge in [-0.3, -0.25) is 0 Å². The second-order valence-electron chi connectivity index (χ2n) is 1.24. The summed E-state index contributed by atoms with van der Waals surface area (Å²) in [5.74, 6) is 0. The highest BCUT2D eigenvalue weighted by atomic mass is 16.4. The summed E-state index contributed by atoms with van der Waals surface area (Å²) in [6.45, 7) is 3.59. The van der Waals surface area contributed by atoms with Gasteiger partial charge in [-0.25, -0.2) is 0 Å². The van der Waals surface area contributed by atoms with E-state index in [0.29, 0.717) is 5.71 Å². The maximum absolute atomic E-state index is 8.00. The summed E-state index contributed by atoms with van der Waals surface area (Å²) in [5.41, 5.74) is 0.627. The summed E-state index contributed by atoms with van der Waals surface area (Å²) in [6, 6.07) is 0. The van der Waals surface area contributed by atoms with Gasteiger partial charge in [0, 0.05) is 0 Å². The summed E-state index contributed by atoms with van der Waals surface area (Å²) in [7, 11) is 0. The van der Waals surface area contributed by atoms with Gasteiger partial charge in [-0.15, -0.1) is 0 Å². The molecule has 0 aromatic rings. The Morgan fingerprint density at radius 3 is 2.43 bits per heavy atom. The van der Waals surface area contributed by atoms with E-state index in [0.717, 1.165) is 0 Å². The Balaban J connectivity index is 3.58. The molecule has 0 bridgehead atoms. The Morgan fingerprint density at radius 1 is 1.71 bits per heavy atom. The van der Waals surface area contributed by atoms with Crippen molar-refractivity contribution in [2.24, 2.45) is 5.16 Å². The van der Waals surface area contributed by atoms with Crippen LogP contribution in [0.2, 0.25) is 0 Å². The maximum Gasteiger partial charge on any atom is 0.0761 e. The third kappa shape index (κ3) is 3.03. The van der Waals surface area contributed by atoms with Gasteiger partial charge in [0.25, 0.3) is 0 Å². The molecule has 0 aromatic heterocycles. The average molecular weight is 99.1 g/mol. The number of oxime groups is 1. The molecule has 0 saturated heterocycles. The van der Waals surface area contributed by atoms with Crippen molar-refractivity contribution in [1.82, 2.24) is 0 Å². The van der Waals surface area contributed by atoms with Gasteiger partial charge in [-0.1, -0.05) is 11.2 Å². The number of hydrogen-bond donors (Lipinski definition) is 1. The fourth-order valence-electron chi connectivity index (χ4n) is 0.275. The molecule has 0 aromatic carbocycles. The third-order valence-corrected chi connectivity index (χ3v) is 0.566. The van der Waals surface area contributed by atoms with E-state index in [-0.39, 0.29) is 0 Å². The molecule has 2 nitrogen and oxygen atoms in total. The Morgan fingerprint density at radius 2 is 2.29 bits per heavy atom. The van der Waals surface area contributed by atoms with Gasteiger partial charge in [0.1, 0.15) is 0 Å². The van der Waals surface area contributed by atoms with Crippen LogP contribution in [-0.2, 0) is 0 Å². The quantitative estimate of drug-likeness (QED) is 0.301. The van der Waals surface area contributed by atoms with Crippen LogP contribution in [0.4, 0.5) is 0 Å². The SMILES string of the molecule is C/C=C/C(C)=N\O. The van der Waals surface area contributed by atoms with Crippen LogP contribution in [0.25, 0.3) is 0 Å². The summed E-state index contributed by atoms with van der Waals surface area (Å²) >= 11 is 0. The zero-order valence-electron chi connectivity index (χ0n) is 4.55. The molecule has 0 heterocycles. The van der Waals surface area contributed by atoms with Gasteiger partial charge < -0.3 is 5.21 Å². The van der Waals surface area contributed by atoms with Gasteiger partial charge in [0.2, 0.25) is 0 Å². The van der Waals surface area contributed by atoms with Crippen LogP contribution in [0.15, 0.2) is 17.3 Å². The Bertz CT molecular complexity index is 94.3. The largest absolute Gasteiger partial charge is 0.411 e. The first-order valence-electron chi connectivity index (χ1n) is 2.12. The first-order chi connectivity index (χ1) is 3.31. The first kappa shape index (κ1) is 6.21. The molecular weight excluding hydrogens is 90.1 g/mol. The summed E-state index contributed by atoms with van der Waals surface area (Å²) in [4.78, 5) is 0. The Kier molecular flexibility index (Phi) is 3.02. The van der Waals surface area contributed by atoms with Crippen molar-refractivity contribution in [1.29, 1.82) is 0 Å². The van der Waals surface area contributed by atoms with Gasteiger partial charge in [-0.05, 0) is 19.9 Å². The molecule has 0 aliphatic carbocycles. The van der Waals surface area contributed by atoms with Crippen LogP contribution in [0.3, 0.4) is 0 Å². The van der Waals surface area contributed by atoms with Crippen molar-refractivity contribution >= 4 is 5.71 Å². The zero-order chi connectivity index (χ0) is 5.70. The molecule has 2 heteroatoms. The van der Waals surface area contributed by atoms with Gasteiger partial charge in [0.15, 0.2) is 0 Å². The van der Waals surface area contributed by atoms with Crippen molar-refractivity contribution in [3.05, 3.63) is 12.2 Å². The molecule has 0 rings (SSSR count). The minimum atomic E-state index is 0.627. The van der Waals surface area contributed by atoms with E-state index in [1.807, 2.05) is 13.0 Å². The molecule has 0 fully saturated rings. The monoisotopic (exact) mass is 99.1 g/mol. The highest BCUT2D eigenvalue weighted by molar-refractivity contribution is 5.92. The van der Waals surface area contributed by atoms with Crippen molar-refractivity contribution in [2.75, 3.05) is 0 Å². The predicted octanol–water partition coefficient (Wildman–Crippen LogP) is 1.41. The molecule has 1 N–H and O–H groups in total. The zero-order valence-corrected chi connectivity index (χ0v) is 4.55. The van der Waals surface area contributed by atoms with E-state index in [1.165, 1.54) is 0 Å². The van der Waals surface area contributed by atoms with E-state index < -0.39 is 0 Å². The van der Waals surface area contributed by atoms with Crippen LogP contribution < -0.4 is 0 Å². The highest BCUT2D eigenvalue weighted by Gasteiger charge is 1.74. The second-order valence-corrected chi connectivity index (χ2v) is 1.24. The molecule has 0 aliphatic rings. The van der Waals surface area contributed by atoms with E-state index in [1.54, 1.807) is 13.0 Å². The van der Waals surface area contributed by atoms with E-state index in [2.05, 4.69) is 5.16 Å². The molecule has 7 heavy (non-hydrogen) atoms. The lowest BCUT2D eigenvalue weighted by atomic mass is 10.4. The average Bonchev–Trinajstić information content (AvgIpc) is 1.68. The molecule has 0 radical (unpaired) electrons. The predicted molar refractivity (Wildman–Crippen MR) is 29.7 cm³/mol. The van der Waals surface area contributed by atoms with Crippen LogP contribution in [0.5, 0.6) is 0 Å². The highest BCUT2D eigenvalue weighted by Crippen LogP contribution is 1.75. The Hall–Kier alpha value is -0.790. The van der Waals surface area contributed by atoms with Crippen molar-refractivity contribution < 1.29 is 5.21 Å². The Labute approximate surface area is 43.2 Å². The summed E-state index contributed by atoms with van der Waals surface area (Å²) in [6.07, 6.45) is 3.54. The first-order valence-corrected chi connectivity index (χ1v) is 2.12. The number of rotatable bonds is 1. The molecule has 0 saturated carbocycles. The molecule has 0 unspecified atom stereocenters. The van der Waals surface area contributed by atoms with Gasteiger partial charge in [-0.2, -0.15) is 0 Å². The minimum absolute atomic E-state index is 0.627.